The fourth-order valence-corrected chi connectivity index (χ4v) is 4.54. The molecule has 0 amide bonds. The molecule has 3 aromatic rings. The molecule has 1 aliphatic carbocycles. The summed E-state index contributed by atoms with van der Waals surface area (Å²) >= 11 is 6.16. The third-order valence-corrected chi connectivity index (χ3v) is 6.17. The van der Waals surface area contributed by atoms with Crippen molar-refractivity contribution in [3.63, 3.8) is 0 Å². The van der Waals surface area contributed by atoms with Crippen molar-refractivity contribution in [1.29, 1.82) is 0 Å². The highest BCUT2D eigenvalue weighted by Gasteiger charge is 2.23. The van der Waals surface area contributed by atoms with Gasteiger partial charge in [-0.05, 0) is 80.1 Å². The molecule has 0 bridgehead atoms. The SMILES string of the molecule is COc1ccc(-c2nc3ccc(Cl)cc3c(=O)n2CC2CCCC(CN)C2)cc1. The van der Waals surface area contributed by atoms with Crippen molar-refractivity contribution in [3.05, 3.63) is 57.8 Å². The van der Waals surface area contributed by atoms with E-state index in [1.54, 1.807) is 19.2 Å². The van der Waals surface area contributed by atoms with E-state index in [9.17, 15) is 4.79 Å². The number of halogens is 1. The minimum Gasteiger partial charge on any atom is -0.497 e. The number of nitrogens with two attached hydrogens (primary N) is 1. The van der Waals surface area contributed by atoms with Gasteiger partial charge in [0.25, 0.3) is 5.56 Å². The first-order valence-electron chi connectivity index (χ1n) is 10.1. The van der Waals surface area contributed by atoms with Crippen molar-refractivity contribution >= 4 is 22.5 Å². The Labute approximate surface area is 175 Å². The Morgan fingerprint density at radius 3 is 2.66 bits per heavy atom. The summed E-state index contributed by atoms with van der Waals surface area (Å²) in [5.74, 6) is 2.41. The van der Waals surface area contributed by atoms with Crippen LogP contribution in [0.1, 0.15) is 25.7 Å². The van der Waals surface area contributed by atoms with Crippen LogP contribution in [0, 0.1) is 11.8 Å². The number of hydrogen-bond donors (Lipinski definition) is 1. The summed E-state index contributed by atoms with van der Waals surface area (Å²) in [6.45, 7) is 1.36. The van der Waals surface area contributed by atoms with Crippen LogP contribution in [0.5, 0.6) is 5.75 Å². The van der Waals surface area contributed by atoms with Crippen LogP contribution in [0.15, 0.2) is 47.3 Å². The topological polar surface area (TPSA) is 70.1 Å². The lowest BCUT2D eigenvalue weighted by Crippen LogP contribution is -2.30. The largest absolute Gasteiger partial charge is 0.497 e. The van der Waals surface area contributed by atoms with Gasteiger partial charge in [0.1, 0.15) is 11.6 Å². The molecule has 0 saturated heterocycles. The first kappa shape index (κ1) is 19.9. The van der Waals surface area contributed by atoms with Crippen LogP contribution < -0.4 is 16.0 Å². The van der Waals surface area contributed by atoms with Crippen molar-refractivity contribution in [2.24, 2.45) is 17.6 Å². The van der Waals surface area contributed by atoms with Gasteiger partial charge in [-0.1, -0.05) is 18.0 Å². The molecule has 29 heavy (non-hydrogen) atoms. The second-order valence-corrected chi connectivity index (χ2v) is 8.31. The van der Waals surface area contributed by atoms with Gasteiger partial charge in [-0.3, -0.25) is 9.36 Å². The fourth-order valence-electron chi connectivity index (χ4n) is 4.36. The molecule has 1 aliphatic rings. The van der Waals surface area contributed by atoms with Gasteiger partial charge in [-0.25, -0.2) is 4.98 Å². The smallest absolute Gasteiger partial charge is 0.261 e. The molecule has 0 radical (unpaired) electrons. The van der Waals surface area contributed by atoms with Crippen LogP contribution in [-0.4, -0.2) is 23.2 Å². The number of fused-ring (bicyclic) bond motifs is 1. The van der Waals surface area contributed by atoms with Gasteiger partial charge in [0, 0.05) is 17.1 Å². The summed E-state index contributed by atoms with van der Waals surface area (Å²) in [6, 6.07) is 13.0. The Balaban J connectivity index is 1.82. The van der Waals surface area contributed by atoms with Gasteiger partial charge in [-0.15, -0.1) is 0 Å². The van der Waals surface area contributed by atoms with E-state index in [0.717, 1.165) is 30.6 Å². The molecule has 2 N–H and O–H groups in total. The number of aromatic nitrogens is 2. The number of benzene rings is 2. The van der Waals surface area contributed by atoms with Crippen molar-refractivity contribution < 1.29 is 4.74 Å². The summed E-state index contributed by atoms with van der Waals surface area (Å²) < 4.78 is 7.10. The average Bonchev–Trinajstić information content (AvgIpc) is 2.76. The van der Waals surface area contributed by atoms with Crippen molar-refractivity contribution in [2.45, 2.75) is 32.2 Å². The lowest BCUT2D eigenvalue weighted by molar-refractivity contribution is 0.246. The molecular formula is C23H26ClN3O2. The number of ether oxygens (including phenoxy) is 1. The average molecular weight is 412 g/mol. The highest BCUT2D eigenvalue weighted by Crippen LogP contribution is 2.31. The molecule has 1 saturated carbocycles. The summed E-state index contributed by atoms with van der Waals surface area (Å²) in [4.78, 5) is 18.3. The minimum atomic E-state index is -0.0433. The molecule has 2 atom stereocenters. The van der Waals surface area contributed by atoms with Gasteiger partial charge >= 0.3 is 0 Å². The second-order valence-electron chi connectivity index (χ2n) is 7.88. The number of rotatable bonds is 5. The third-order valence-electron chi connectivity index (χ3n) is 5.93. The zero-order valence-electron chi connectivity index (χ0n) is 16.6. The van der Waals surface area contributed by atoms with Crippen LogP contribution in [-0.2, 0) is 6.54 Å². The fraction of sp³-hybridized carbons (Fsp3) is 0.391. The number of methoxy groups -OCH3 is 1. The van der Waals surface area contributed by atoms with E-state index in [1.165, 1.54) is 6.42 Å². The quantitative estimate of drug-likeness (QED) is 0.671. The second kappa shape index (κ2) is 8.56. The van der Waals surface area contributed by atoms with E-state index in [4.69, 9.17) is 27.1 Å². The normalized spacial score (nSPS) is 19.4. The van der Waals surface area contributed by atoms with Crippen LogP contribution in [0.3, 0.4) is 0 Å². The summed E-state index contributed by atoms with van der Waals surface area (Å²) in [5, 5.41) is 1.10. The molecule has 6 heteroatoms. The van der Waals surface area contributed by atoms with E-state index in [1.807, 2.05) is 34.9 Å². The minimum absolute atomic E-state index is 0.0433. The van der Waals surface area contributed by atoms with Gasteiger partial charge in [0.2, 0.25) is 0 Å². The van der Waals surface area contributed by atoms with E-state index in [2.05, 4.69) is 0 Å². The van der Waals surface area contributed by atoms with Crippen molar-refractivity contribution in [2.75, 3.05) is 13.7 Å². The number of hydrogen-bond acceptors (Lipinski definition) is 4. The third kappa shape index (κ3) is 4.16. The van der Waals surface area contributed by atoms with E-state index < -0.39 is 0 Å². The maximum absolute atomic E-state index is 13.4. The van der Waals surface area contributed by atoms with E-state index in [0.29, 0.717) is 46.7 Å². The van der Waals surface area contributed by atoms with Gasteiger partial charge < -0.3 is 10.5 Å². The Kier molecular flexibility index (Phi) is 5.88. The first-order valence-corrected chi connectivity index (χ1v) is 10.5. The van der Waals surface area contributed by atoms with Crippen LogP contribution in [0.4, 0.5) is 0 Å². The molecular weight excluding hydrogens is 386 g/mol. The molecule has 1 aromatic heterocycles. The van der Waals surface area contributed by atoms with Gasteiger partial charge in [0.15, 0.2) is 0 Å². The van der Waals surface area contributed by atoms with Gasteiger partial charge in [0.05, 0.1) is 18.0 Å². The van der Waals surface area contributed by atoms with Crippen molar-refractivity contribution in [1.82, 2.24) is 9.55 Å². The maximum Gasteiger partial charge on any atom is 0.261 e. The molecule has 0 spiro atoms. The zero-order chi connectivity index (χ0) is 20.4. The Morgan fingerprint density at radius 1 is 1.17 bits per heavy atom. The number of nitrogens with zero attached hydrogens (tertiary/aromatic N) is 2. The standard InChI is InChI=1S/C23H26ClN3O2/c1-29-19-8-5-17(6-9-19)22-26-21-10-7-18(24)12-20(21)23(28)27(22)14-16-4-2-3-15(11-16)13-25/h5-10,12,15-16H,2-4,11,13-14,25H2,1H3. The summed E-state index contributed by atoms with van der Waals surface area (Å²) in [5.41, 5.74) is 7.43. The van der Waals surface area contributed by atoms with Crippen LogP contribution in [0.25, 0.3) is 22.3 Å². The lowest BCUT2D eigenvalue weighted by atomic mass is 9.81. The summed E-state index contributed by atoms with van der Waals surface area (Å²) in [7, 11) is 1.64. The molecule has 1 fully saturated rings. The molecule has 2 unspecified atom stereocenters. The van der Waals surface area contributed by atoms with Crippen LogP contribution in [0.2, 0.25) is 5.02 Å². The zero-order valence-corrected chi connectivity index (χ0v) is 17.4. The van der Waals surface area contributed by atoms with Crippen molar-refractivity contribution in [3.8, 4) is 17.1 Å². The highest BCUT2D eigenvalue weighted by molar-refractivity contribution is 6.31. The highest BCUT2D eigenvalue weighted by atomic mass is 35.5. The monoisotopic (exact) mass is 411 g/mol. The Hall–Kier alpha value is -2.37. The van der Waals surface area contributed by atoms with Gasteiger partial charge in [-0.2, -0.15) is 0 Å². The molecule has 0 aliphatic heterocycles. The molecule has 4 rings (SSSR count). The Morgan fingerprint density at radius 2 is 1.93 bits per heavy atom. The lowest BCUT2D eigenvalue weighted by Gasteiger charge is -2.29. The van der Waals surface area contributed by atoms with E-state index in [-0.39, 0.29) is 5.56 Å². The molecule has 5 nitrogen and oxygen atoms in total. The van der Waals surface area contributed by atoms with Crippen LogP contribution >= 0.6 is 11.6 Å². The molecule has 152 valence electrons. The predicted octanol–water partition coefficient (Wildman–Crippen LogP) is 4.49. The summed E-state index contributed by atoms with van der Waals surface area (Å²) in [6.07, 6.45) is 4.50. The Bertz CT molecular complexity index is 1060. The maximum atomic E-state index is 13.4. The predicted molar refractivity (Wildman–Crippen MR) is 118 cm³/mol. The van der Waals surface area contributed by atoms with E-state index >= 15 is 0 Å². The molecule has 1 heterocycles. The first-order chi connectivity index (χ1) is 14.1. The molecule has 2 aromatic carbocycles.